The standard InChI is InChI=1S/C16H37P.HS/c1-5-9-13-17(14-10-6-2,15-11-7-3)16-12-8-4;/h17H,5-16H2,1-4H3;1H. The average Bonchev–Trinajstić information content (AvgIpc) is 2.37. The fourth-order valence-electron chi connectivity index (χ4n) is 2.96. The van der Waals surface area contributed by atoms with Crippen molar-refractivity contribution >= 4 is 20.8 Å². The SMILES string of the molecule is CCCC[PH](CCCC)(CCCC)CCCC.[SH]. The van der Waals surface area contributed by atoms with E-state index in [4.69, 9.17) is 0 Å². The molecule has 0 saturated heterocycles. The van der Waals surface area contributed by atoms with Crippen LogP contribution in [0.2, 0.25) is 0 Å². The van der Waals surface area contributed by atoms with Crippen molar-refractivity contribution in [2.45, 2.75) is 79.1 Å². The number of hydrogen-bond acceptors (Lipinski definition) is 0. The Morgan fingerprint density at radius 3 is 0.889 bits per heavy atom. The normalized spacial score (nSPS) is 12.2. The number of unbranched alkanes of at least 4 members (excludes halogenated alkanes) is 4. The second kappa shape index (κ2) is 14.2. The molecule has 0 unspecified atom stereocenters. The molecule has 113 valence electrons. The first-order valence-corrected chi connectivity index (χ1v) is 11.1. The Morgan fingerprint density at radius 2 is 0.722 bits per heavy atom. The molecular weight excluding hydrogens is 255 g/mol. The van der Waals surface area contributed by atoms with Crippen molar-refractivity contribution in [2.24, 2.45) is 0 Å². The van der Waals surface area contributed by atoms with Gasteiger partial charge in [-0.25, -0.2) is 0 Å². The molecule has 1 radical (unpaired) electrons. The fourth-order valence-corrected chi connectivity index (χ4v) is 8.87. The van der Waals surface area contributed by atoms with E-state index >= 15 is 0 Å². The van der Waals surface area contributed by atoms with Gasteiger partial charge < -0.3 is 0 Å². The third-order valence-corrected chi connectivity index (χ3v) is 9.90. The van der Waals surface area contributed by atoms with Gasteiger partial charge in [0.1, 0.15) is 0 Å². The van der Waals surface area contributed by atoms with Gasteiger partial charge in [0.2, 0.25) is 0 Å². The minimum Gasteiger partial charge on any atom is -0.115 e. The summed E-state index contributed by atoms with van der Waals surface area (Å²) in [4.78, 5) is 0. The van der Waals surface area contributed by atoms with E-state index in [2.05, 4.69) is 27.7 Å². The van der Waals surface area contributed by atoms with E-state index in [-0.39, 0.29) is 13.5 Å². The molecule has 0 bridgehead atoms. The van der Waals surface area contributed by atoms with Gasteiger partial charge in [0.25, 0.3) is 0 Å². The molecule has 0 aromatic carbocycles. The van der Waals surface area contributed by atoms with Gasteiger partial charge >= 0.3 is 111 Å². The Hall–Kier alpha value is 0.780. The number of thiol groups is 1. The second-order valence-corrected chi connectivity index (χ2v) is 10.9. The van der Waals surface area contributed by atoms with Crippen LogP contribution in [0.5, 0.6) is 0 Å². The quantitative estimate of drug-likeness (QED) is 0.316. The first-order chi connectivity index (χ1) is 8.24. The van der Waals surface area contributed by atoms with Crippen molar-refractivity contribution in [3.05, 3.63) is 0 Å². The Bertz CT molecular complexity index is 122. The van der Waals surface area contributed by atoms with Gasteiger partial charge in [0, 0.05) is 0 Å². The summed E-state index contributed by atoms with van der Waals surface area (Å²) in [7, 11) is -0.879. The van der Waals surface area contributed by atoms with Crippen LogP contribution in [0.3, 0.4) is 0 Å². The molecule has 0 rings (SSSR count). The summed E-state index contributed by atoms with van der Waals surface area (Å²) in [5.74, 6) is 0. The Kier molecular flexibility index (Phi) is 16.6. The minimum absolute atomic E-state index is 0. The molecule has 0 aliphatic carbocycles. The molecule has 2 heteroatoms. The van der Waals surface area contributed by atoms with E-state index in [0.29, 0.717) is 0 Å². The van der Waals surface area contributed by atoms with Gasteiger partial charge in [-0.1, -0.05) is 0 Å². The van der Waals surface area contributed by atoms with Crippen molar-refractivity contribution in [1.29, 1.82) is 0 Å². The maximum Gasteiger partial charge on any atom is -0.115 e. The van der Waals surface area contributed by atoms with Gasteiger partial charge in [-0.3, -0.25) is 0 Å². The van der Waals surface area contributed by atoms with Crippen LogP contribution < -0.4 is 0 Å². The summed E-state index contributed by atoms with van der Waals surface area (Å²) in [5.41, 5.74) is 0. The van der Waals surface area contributed by atoms with Gasteiger partial charge in [-0.15, -0.1) is 13.5 Å². The van der Waals surface area contributed by atoms with Crippen molar-refractivity contribution < 1.29 is 0 Å². The summed E-state index contributed by atoms with van der Waals surface area (Å²) in [6.45, 7) is 9.44. The molecule has 0 aromatic heterocycles. The Morgan fingerprint density at radius 1 is 0.500 bits per heavy atom. The first-order valence-electron chi connectivity index (χ1n) is 8.24. The molecule has 0 aromatic rings. The van der Waals surface area contributed by atoms with Crippen LogP contribution in [0, 0.1) is 0 Å². The average molecular weight is 294 g/mol. The molecular formula is C16H38PS. The minimum atomic E-state index is -0.879. The predicted octanol–water partition coefficient (Wildman–Crippen LogP) is 6.32. The van der Waals surface area contributed by atoms with Crippen LogP contribution >= 0.6 is 20.8 Å². The van der Waals surface area contributed by atoms with Crippen molar-refractivity contribution in [1.82, 2.24) is 0 Å². The monoisotopic (exact) mass is 293 g/mol. The molecule has 0 aliphatic heterocycles. The summed E-state index contributed by atoms with van der Waals surface area (Å²) in [5, 5.41) is 0. The van der Waals surface area contributed by atoms with E-state index in [1.807, 2.05) is 0 Å². The summed E-state index contributed by atoms with van der Waals surface area (Å²) < 4.78 is 0. The van der Waals surface area contributed by atoms with Crippen LogP contribution in [0.4, 0.5) is 0 Å². The summed E-state index contributed by atoms with van der Waals surface area (Å²) >= 11 is 0. The summed E-state index contributed by atoms with van der Waals surface area (Å²) in [6.07, 6.45) is 18.1. The largest absolute Gasteiger partial charge is 0.115 e. The van der Waals surface area contributed by atoms with E-state index in [1.165, 1.54) is 51.4 Å². The van der Waals surface area contributed by atoms with Crippen molar-refractivity contribution in [3.8, 4) is 0 Å². The van der Waals surface area contributed by atoms with Crippen LogP contribution in [0.15, 0.2) is 0 Å². The van der Waals surface area contributed by atoms with Crippen LogP contribution in [-0.2, 0) is 0 Å². The zero-order valence-electron chi connectivity index (χ0n) is 13.4. The van der Waals surface area contributed by atoms with Crippen LogP contribution in [0.1, 0.15) is 79.1 Å². The molecule has 0 heterocycles. The molecule has 0 atom stereocenters. The molecule has 0 N–H and O–H groups in total. The smallest absolute Gasteiger partial charge is 0.115 e. The zero-order valence-corrected chi connectivity index (χ0v) is 15.3. The van der Waals surface area contributed by atoms with Gasteiger partial charge in [-0.05, 0) is 0 Å². The summed E-state index contributed by atoms with van der Waals surface area (Å²) in [6, 6.07) is 0. The van der Waals surface area contributed by atoms with Crippen LogP contribution in [-0.4, -0.2) is 24.6 Å². The third-order valence-electron chi connectivity index (χ3n) is 4.24. The molecule has 18 heavy (non-hydrogen) atoms. The second-order valence-electron chi connectivity index (χ2n) is 5.91. The predicted molar refractivity (Wildman–Crippen MR) is 96.4 cm³/mol. The molecule has 0 spiro atoms. The van der Waals surface area contributed by atoms with E-state index in [9.17, 15) is 0 Å². The number of hydrogen-bond donors (Lipinski definition) is 1. The zero-order chi connectivity index (χ0) is 13.0. The third kappa shape index (κ3) is 9.68. The van der Waals surface area contributed by atoms with E-state index in [1.54, 1.807) is 24.6 Å². The molecule has 0 fully saturated rings. The molecule has 0 nitrogen and oxygen atoms in total. The van der Waals surface area contributed by atoms with Crippen molar-refractivity contribution in [3.63, 3.8) is 0 Å². The van der Waals surface area contributed by atoms with Gasteiger partial charge in [0.15, 0.2) is 0 Å². The van der Waals surface area contributed by atoms with Crippen LogP contribution in [0.25, 0.3) is 0 Å². The van der Waals surface area contributed by atoms with E-state index < -0.39 is 7.26 Å². The number of rotatable bonds is 12. The van der Waals surface area contributed by atoms with E-state index in [0.717, 1.165) is 0 Å². The van der Waals surface area contributed by atoms with Gasteiger partial charge in [-0.2, -0.15) is 0 Å². The Labute approximate surface area is 124 Å². The topological polar surface area (TPSA) is 0 Å². The van der Waals surface area contributed by atoms with Crippen molar-refractivity contribution in [2.75, 3.05) is 24.6 Å². The fraction of sp³-hybridized carbons (Fsp3) is 1.00. The molecule has 0 aliphatic rings. The molecule has 0 amide bonds. The van der Waals surface area contributed by atoms with Gasteiger partial charge in [0.05, 0.1) is 0 Å². The molecule has 0 saturated carbocycles. The maximum atomic E-state index is 2.36. The Balaban J connectivity index is 0. The maximum absolute atomic E-state index is 2.36. The first kappa shape index (κ1) is 21.1.